The molecule has 1 fully saturated rings. The maximum atomic E-state index is 13.1. The third kappa shape index (κ3) is 4.89. The van der Waals surface area contributed by atoms with Gasteiger partial charge in [-0.15, -0.1) is 12.4 Å². The van der Waals surface area contributed by atoms with Crippen molar-refractivity contribution in [3.8, 4) is 0 Å². The minimum atomic E-state index is -3.35. The minimum absolute atomic E-state index is 0. The van der Waals surface area contributed by atoms with Gasteiger partial charge < -0.3 is 10.2 Å². The van der Waals surface area contributed by atoms with Gasteiger partial charge in [-0.2, -0.15) is 0 Å². The van der Waals surface area contributed by atoms with Gasteiger partial charge in [0.25, 0.3) is 5.91 Å². The number of nitrogens with zero attached hydrogens (tertiary/aromatic N) is 1. The molecule has 1 aliphatic heterocycles. The number of hydrogen-bond acceptors (Lipinski definition) is 4. The van der Waals surface area contributed by atoms with Crippen LogP contribution in [0.4, 0.5) is 0 Å². The minimum Gasteiger partial charge on any atom is -0.329 e. The number of piperazine rings is 1. The van der Waals surface area contributed by atoms with Crippen LogP contribution in [-0.4, -0.2) is 45.1 Å². The Kier molecular flexibility index (Phi) is 7.03. The lowest BCUT2D eigenvalue weighted by Gasteiger charge is -2.36. The highest BCUT2D eigenvalue weighted by Crippen LogP contribution is 2.25. The van der Waals surface area contributed by atoms with Gasteiger partial charge in [-0.1, -0.05) is 37.3 Å². The highest BCUT2D eigenvalue weighted by atomic mass is 35.5. The first-order valence-corrected chi connectivity index (χ1v) is 10.7. The number of amides is 1. The largest absolute Gasteiger partial charge is 0.329 e. The van der Waals surface area contributed by atoms with Crippen molar-refractivity contribution in [2.75, 3.05) is 25.9 Å². The summed E-state index contributed by atoms with van der Waals surface area (Å²) in [4.78, 5) is 15.1. The average molecular weight is 409 g/mol. The summed E-state index contributed by atoms with van der Waals surface area (Å²) in [5.74, 6) is -0.137. The maximum absolute atomic E-state index is 13.1. The van der Waals surface area contributed by atoms with Crippen LogP contribution in [0.25, 0.3) is 0 Å². The van der Waals surface area contributed by atoms with Gasteiger partial charge in [-0.05, 0) is 35.7 Å². The number of benzene rings is 2. The molecule has 0 bridgehead atoms. The quantitative estimate of drug-likeness (QED) is 0.844. The Morgan fingerprint density at radius 1 is 1.19 bits per heavy atom. The van der Waals surface area contributed by atoms with Gasteiger partial charge >= 0.3 is 0 Å². The van der Waals surface area contributed by atoms with E-state index in [2.05, 4.69) is 36.5 Å². The molecular formula is C20H25ClN2O3S. The number of halogens is 1. The number of hydrogen-bond donors (Lipinski definition) is 1. The molecule has 2 aromatic rings. The number of sulfone groups is 1. The van der Waals surface area contributed by atoms with E-state index in [9.17, 15) is 13.2 Å². The van der Waals surface area contributed by atoms with E-state index >= 15 is 0 Å². The van der Waals surface area contributed by atoms with Crippen LogP contribution in [0, 0.1) is 0 Å². The van der Waals surface area contributed by atoms with E-state index in [1.807, 2.05) is 4.90 Å². The second-order valence-corrected chi connectivity index (χ2v) is 8.63. The van der Waals surface area contributed by atoms with E-state index < -0.39 is 9.84 Å². The summed E-state index contributed by atoms with van der Waals surface area (Å²) in [6, 6.07) is 14.6. The molecule has 1 atom stereocenters. The normalized spacial score (nSPS) is 17.3. The van der Waals surface area contributed by atoms with E-state index in [-0.39, 0.29) is 29.3 Å². The van der Waals surface area contributed by atoms with Crippen LogP contribution in [0.3, 0.4) is 0 Å². The van der Waals surface area contributed by atoms with E-state index in [1.54, 1.807) is 12.1 Å². The smallest absolute Gasteiger partial charge is 0.254 e. The molecule has 3 rings (SSSR count). The van der Waals surface area contributed by atoms with Crippen molar-refractivity contribution >= 4 is 28.2 Å². The Bertz CT molecular complexity index is 898. The summed E-state index contributed by atoms with van der Waals surface area (Å²) in [5.41, 5.74) is 2.75. The molecule has 5 nitrogen and oxygen atoms in total. The Balaban J connectivity index is 0.00000261. The molecule has 0 saturated carbocycles. The summed E-state index contributed by atoms with van der Waals surface area (Å²) in [6.45, 7) is 4.11. The number of carbonyl (C=O) groups excluding carboxylic acids is 1. The standard InChI is InChI=1S/C20H24N2O3S.ClH/c1-3-15-7-9-16(10-8-15)19-14-21-11-12-22(19)20(23)17-5-4-6-18(13-17)26(2,24)25;/h4-10,13,19,21H,3,11-12,14H2,1-2H3;1H. The van der Waals surface area contributed by atoms with Gasteiger partial charge in [0.05, 0.1) is 10.9 Å². The molecule has 7 heteroatoms. The number of carbonyl (C=O) groups is 1. The van der Waals surface area contributed by atoms with E-state index in [0.717, 1.165) is 24.8 Å². The molecule has 1 amide bonds. The zero-order valence-electron chi connectivity index (χ0n) is 15.5. The molecule has 146 valence electrons. The van der Waals surface area contributed by atoms with Crippen molar-refractivity contribution in [3.63, 3.8) is 0 Å². The van der Waals surface area contributed by atoms with Crippen molar-refractivity contribution in [2.45, 2.75) is 24.3 Å². The summed E-state index contributed by atoms with van der Waals surface area (Å²) in [6.07, 6.45) is 2.13. The Hall–Kier alpha value is -1.89. The summed E-state index contributed by atoms with van der Waals surface area (Å²) in [5, 5.41) is 3.34. The second kappa shape index (κ2) is 8.87. The molecule has 1 N–H and O–H groups in total. The first kappa shape index (κ1) is 21.4. The first-order valence-electron chi connectivity index (χ1n) is 8.81. The monoisotopic (exact) mass is 408 g/mol. The fourth-order valence-corrected chi connectivity index (χ4v) is 3.91. The van der Waals surface area contributed by atoms with Crippen molar-refractivity contribution in [2.24, 2.45) is 0 Å². The van der Waals surface area contributed by atoms with Gasteiger partial charge in [-0.25, -0.2) is 8.42 Å². The molecule has 2 aromatic carbocycles. The summed E-state index contributed by atoms with van der Waals surface area (Å²) >= 11 is 0. The molecule has 0 spiro atoms. The highest BCUT2D eigenvalue weighted by molar-refractivity contribution is 7.90. The molecule has 1 heterocycles. The van der Waals surface area contributed by atoms with Crippen molar-refractivity contribution < 1.29 is 13.2 Å². The predicted octanol–water partition coefficient (Wildman–Crippen LogP) is 2.86. The zero-order chi connectivity index (χ0) is 18.7. The fraction of sp³-hybridized carbons (Fsp3) is 0.350. The fourth-order valence-electron chi connectivity index (χ4n) is 3.25. The Labute approximate surface area is 167 Å². The third-order valence-corrected chi connectivity index (χ3v) is 5.90. The lowest BCUT2D eigenvalue weighted by Crippen LogP contribution is -2.48. The van der Waals surface area contributed by atoms with Crippen LogP contribution in [0.15, 0.2) is 53.4 Å². The number of aryl methyl sites for hydroxylation is 1. The SMILES string of the molecule is CCc1ccc(C2CNCCN2C(=O)c2cccc(S(C)(=O)=O)c2)cc1.Cl. The lowest BCUT2D eigenvalue weighted by atomic mass is 10.00. The molecule has 0 aliphatic carbocycles. The Morgan fingerprint density at radius 3 is 2.52 bits per heavy atom. The Morgan fingerprint density at radius 2 is 1.89 bits per heavy atom. The van der Waals surface area contributed by atoms with Crippen LogP contribution in [0.5, 0.6) is 0 Å². The molecule has 1 unspecified atom stereocenters. The summed E-state index contributed by atoms with van der Waals surface area (Å²) < 4.78 is 23.6. The van der Waals surface area contributed by atoms with E-state index in [4.69, 9.17) is 0 Å². The van der Waals surface area contributed by atoms with E-state index in [0.29, 0.717) is 18.7 Å². The molecule has 1 saturated heterocycles. The van der Waals surface area contributed by atoms with E-state index in [1.165, 1.54) is 17.7 Å². The topological polar surface area (TPSA) is 66.5 Å². The van der Waals surface area contributed by atoms with Crippen molar-refractivity contribution in [1.82, 2.24) is 10.2 Å². The van der Waals surface area contributed by atoms with Crippen LogP contribution in [0.2, 0.25) is 0 Å². The highest BCUT2D eigenvalue weighted by Gasteiger charge is 2.29. The van der Waals surface area contributed by atoms with Crippen molar-refractivity contribution in [1.29, 1.82) is 0 Å². The van der Waals surface area contributed by atoms with Gasteiger partial charge in [-0.3, -0.25) is 4.79 Å². The average Bonchev–Trinajstić information content (AvgIpc) is 2.67. The molecule has 0 radical (unpaired) electrons. The number of nitrogens with one attached hydrogen (secondary N) is 1. The van der Waals surface area contributed by atoms with Crippen LogP contribution in [-0.2, 0) is 16.3 Å². The molecule has 27 heavy (non-hydrogen) atoms. The summed E-state index contributed by atoms with van der Waals surface area (Å²) in [7, 11) is -3.35. The second-order valence-electron chi connectivity index (χ2n) is 6.61. The van der Waals surface area contributed by atoms with Crippen molar-refractivity contribution in [3.05, 3.63) is 65.2 Å². The van der Waals surface area contributed by atoms with Crippen LogP contribution >= 0.6 is 12.4 Å². The molecule has 1 aliphatic rings. The predicted molar refractivity (Wildman–Crippen MR) is 109 cm³/mol. The zero-order valence-corrected chi connectivity index (χ0v) is 17.1. The molecular weight excluding hydrogens is 384 g/mol. The van der Waals surface area contributed by atoms with Gasteiger partial charge in [0.2, 0.25) is 0 Å². The maximum Gasteiger partial charge on any atom is 0.254 e. The van der Waals surface area contributed by atoms with Gasteiger partial charge in [0, 0.05) is 31.5 Å². The number of rotatable bonds is 4. The molecule has 0 aromatic heterocycles. The van der Waals surface area contributed by atoms with Gasteiger partial charge in [0.1, 0.15) is 0 Å². The third-order valence-electron chi connectivity index (χ3n) is 4.79. The van der Waals surface area contributed by atoms with Crippen LogP contribution in [0.1, 0.15) is 34.5 Å². The van der Waals surface area contributed by atoms with Gasteiger partial charge in [0.15, 0.2) is 9.84 Å². The first-order chi connectivity index (χ1) is 12.4. The van der Waals surface area contributed by atoms with Crippen LogP contribution < -0.4 is 5.32 Å². The lowest BCUT2D eigenvalue weighted by molar-refractivity contribution is 0.0634.